The van der Waals surface area contributed by atoms with E-state index in [9.17, 15) is 30.0 Å². The van der Waals surface area contributed by atoms with Crippen molar-refractivity contribution in [2.75, 3.05) is 19.8 Å². The zero-order valence-electron chi connectivity index (χ0n) is 43.2. The van der Waals surface area contributed by atoms with Gasteiger partial charge >= 0.3 is 11.9 Å². The van der Waals surface area contributed by atoms with Crippen LogP contribution in [0.5, 0.6) is 0 Å². The highest BCUT2D eigenvalue weighted by molar-refractivity contribution is 5.70. The van der Waals surface area contributed by atoms with Gasteiger partial charge in [-0.25, -0.2) is 0 Å². The molecule has 0 saturated carbocycles. The van der Waals surface area contributed by atoms with Crippen LogP contribution in [0.1, 0.15) is 258 Å². The monoisotopic (exact) mass is 949 g/mol. The number of hydrogen-bond acceptors (Lipinski definition) is 10. The van der Waals surface area contributed by atoms with Crippen LogP contribution >= 0.6 is 0 Å². The van der Waals surface area contributed by atoms with Gasteiger partial charge in [-0.05, 0) is 64.2 Å². The lowest BCUT2D eigenvalue weighted by Crippen LogP contribution is -2.59. The molecule has 0 aromatic carbocycles. The molecule has 392 valence electrons. The lowest BCUT2D eigenvalue weighted by Gasteiger charge is -2.39. The number of aliphatic hydroxyl groups is 4. The molecule has 0 bridgehead atoms. The van der Waals surface area contributed by atoms with Crippen molar-refractivity contribution in [2.45, 2.75) is 295 Å². The van der Waals surface area contributed by atoms with Gasteiger partial charge in [-0.2, -0.15) is 0 Å². The molecule has 0 spiro atoms. The predicted octanol–water partition coefficient (Wildman–Crippen LogP) is 13.8. The van der Waals surface area contributed by atoms with Crippen LogP contribution < -0.4 is 0 Å². The summed E-state index contributed by atoms with van der Waals surface area (Å²) < 4.78 is 22.3. The SMILES string of the molecule is CCCCC/C=C/C/C=C/CCCCCCCCCCCC(=O)O[C@@H](COC(=O)CCC/C=C/CCCCCCCCCCCCCCCCCCCC)CO[C@H]1O[C@@H](CO)[C@@H](O)C(O)C1O. The zero-order valence-corrected chi connectivity index (χ0v) is 43.2. The first-order valence-electron chi connectivity index (χ1n) is 28.1. The molecule has 1 saturated heterocycles. The van der Waals surface area contributed by atoms with Crippen LogP contribution in [0.4, 0.5) is 0 Å². The van der Waals surface area contributed by atoms with E-state index in [4.69, 9.17) is 18.9 Å². The second-order valence-electron chi connectivity index (χ2n) is 19.4. The third kappa shape index (κ3) is 38.4. The first-order chi connectivity index (χ1) is 32.8. The third-order valence-corrected chi connectivity index (χ3v) is 13.0. The largest absolute Gasteiger partial charge is 0.462 e. The second-order valence-corrected chi connectivity index (χ2v) is 19.4. The molecule has 1 aliphatic rings. The van der Waals surface area contributed by atoms with Crippen molar-refractivity contribution >= 4 is 11.9 Å². The number of allylic oxidation sites excluding steroid dienone is 6. The smallest absolute Gasteiger partial charge is 0.306 e. The first kappa shape index (κ1) is 62.9. The number of carbonyl (C=O) groups is 2. The fourth-order valence-electron chi connectivity index (χ4n) is 8.58. The Kier molecular flexibility index (Phi) is 44.7. The Morgan fingerprint density at radius 3 is 1.33 bits per heavy atom. The summed E-state index contributed by atoms with van der Waals surface area (Å²) in [5, 5.41) is 40.3. The van der Waals surface area contributed by atoms with Crippen molar-refractivity contribution in [3.05, 3.63) is 36.5 Å². The maximum atomic E-state index is 12.9. The summed E-state index contributed by atoms with van der Waals surface area (Å²) in [5.74, 6) is -0.838. The van der Waals surface area contributed by atoms with E-state index >= 15 is 0 Å². The first-order valence-corrected chi connectivity index (χ1v) is 28.1. The highest BCUT2D eigenvalue weighted by Gasteiger charge is 2.44. The molecular formula is C57H104O10. The lowest BCUT2D eigenvalue weighted by molar-refractivity contribution is -0.305. The Morgan fingerprint density at radius 1 is 0.463 bits per heavy atom. The van der Waals surface area contributed by atoms with Gasteiger partial charge in [0.1, 0.15) is 31.0 Å². The molecule has 67 heavy (non-hydrogen) atoms. The number of rotatable bonds is 48. The van der Waals surface area contributed by atoms with Gasteiger partial charge in [0.25, 0.3) is 0 Å². The molecule has 10 heteroatoms. The van der Waals surface area contributed by atoms with Crippen LogP contribution in [0.25, 0.3) is 0 Å². The lowest BCUT2D eigenvalue weighted by atomic mass is 9.99. The van der Waals surface area contributed by atoms with E-state index < -0.39 is 55.4 Å². The van der Waals surface area contributed by atoms with E-state index in [1.807, 2.05) is 0 Å². The molecule has 10 nitrogen and oxygen atoms in total. The molecule has 0 aromatic heterocycles. The van der Waals surface area contributed by atoms with Crippen molar-refractivity contribution in [3.63, 3.8) is 0 Å². The van der Waals surface area contributed by atoms with Crippen molar-refractivity contribution in [2.24, 2.45) is 0 Å². The van der Waals surface area contributed by atoms with E-state index in [-0.39, 0.29) is 26.1 Å². The maximum absolute atomic E-state index is 12.9. The number of carbonyl (C=O) groups excluding carboxylic acids is 2. The molecule has 2 unspecified atom stereocenters. The van der Waals surface area contributed by atoms with Crippen molar-refractivity contribution in [3.8, 4) is 0 Å². The van der Waals surface area contributed by atoms with Crippen LogP contribution in [-0.2, 0) is 28.5 Å². The van der Waals surface area contributed by atoms with Crippen LogP contribution in [0.2, 0.25) is 0 Å². The molecule has 4 N–H and O–H groups in total. The highest BCUT2D eigenvalue weighted by atomic mass is 16.7. The average Bonchev–Trinajstić information content (AvgIpc) is 3.33. The van der Waals surface area contributed by atoms with Crippen LogP contribution in [0.3, 0.4) is 0 Å². The third-order valence-electron chi connectivity index (χ3n) is 13.0. The zero-order chi connectivity index (χ0) is 48.7. The van der Waals surface area contributed by atoms with E-state index in [1.54, 1.807) is 0 Å². The molecule has 0 radical (unpaired) electrons. The summed E-state index contributed by atoms with van der Waals surface area (Å²) >= 11 is 0. The molecule has 0 aromatic rings. The summed E-state index contributed by atoms with van der Waals surface area (Å²) in [6, 6.07) is 0. The van der Waals surface area contributed by atoms with Gasteiger partial charge in [-0.3, -0.25) is 9.59 Å². The minimum atomic E-state index is -1.60. The predicted molar refractivity (Wildman–Crippen MR) is 275 cm³/mol. The summed E-state index contributed by atoms with van der Waals surface area (Å²) in [5.41, 5.74) is 0. The number of hydrogen-bond donors (Lipinski definition) is 4. The summed E-state index contributed by atoms with van der Waals surface area (Å²) in [4.78, 5) is 25.5. The number of ether oxygens (including phenoxy) is 4. The van der Waals surface area contributed by atoms with E-state index in [0.29, 0.717) is 12.8 Å². The summed E-state index contributed by atoms with van der Waals surface area (Å²) in [6.07, 6.45) is 50.2. The van der Waals surface area contributed by atoms with Gasteiger partial charge in [0.05, 0.1) is 13.2 Å². The van der Waals surface area contributed by atoms with Crippen molar-refractivity contribution in [1.29, 1.82) is 0 Å². The van der Waals surface area contributed by atoms with E-state index in [0.717, 1.165) is 44.9 Å². The summed E-state index contributed by atoms with van der Waals surface area (Å²) in [6.45, 7) is 3.41. The van der Waals surface area contributed by atoms with Crippen molar-refractivity contribution < 1.29 is 49.0 Å². The molecular weight excluding hydrogens is 845 g/mol. The van der Waals surface area contributed by atoms with Gasteiger partial charge < -0.3 is 39.4 Å². The molecule has 1 rings (SSSR count). The average molecular weight is 949 g/mol. The fraction of sp³-hybridized carbons (Fsp3) is 0.860. The molecule has 0 amide bonds. The molecule has 6 atom stereocenters. The Labute approximate surface area is 410 Å². The Morgan fingerprint density at radius 2 is 0.851 bits per heavy atom. The summed E-state index contributed by atoms with van der Waals surface area (Å²) in [7, 11) is 0. The quantitative estimate of drug-likeness (QED) is 0.0263. The maximum Gasteiger partial charge on any atom is 0.306 e. The number of esters is 2. The Bertz CT molecular complexity index is 1190. The van der Waals surface area contributed by atoms with E-state index in [1.165, 1.54) is 173 Å². The standard InChI is InChI=1S/C57H104O10/c1-3-5-7-9-11-13-15-17-19-21-23-24-25-26-28-29-31-33-35-37-39-41-43-45-52(59)64-48-50(49-65-57-56(63)55(62)54(61)51(47-58)67-57)66-53(60)46-44-42-40-38-36-34-32-30-27-22-20-18-16-14-12-10-8-6-4-2/h12,14,18,20,37,39,50-51,54-58,61-63H,3-11,13,15-17,19,21-36,38,40-49H2,1-2H3/b14-12+,20-18+,39-37+/t50-,51-,54+,55?,56?,57-/m0/s1. The molecule has 1 heterocycles. The van der Waals surface area contributed by atoms with E-state index in [2.05, 4.69) is 50.3 Å². The number of aliphatic hydroxyl groups excluding tert-OH is 4. The van der Waals surface area contributed by atoms with Gasteiger partial charge in [-0.15, -0.1) is 0 Å². The fourth-order valence-corrected chi connectivity index (χ4v) is 8.58. The molecule has 0 aliphatic carbocycles. The van der Waals surface area contributed by atoms with Crippen LogP contribution in [0, 0.1) is 0 Å². The van der Waals surface area contributed by atoms with Crippen molar-refractivity contribution in [1.82, 2.24) is 0 Å². The molecule has 1 aliphatic heterocycles. The van der Waals surface area contributed by atoms with Gasteiger partial charge in [0, 0.05) is 12.8 Å². The Balaban J connectivity index is 2.22. The normalized spacial score (nSPS) is 19.3. The van der Waals surface area contributed by atoms with Gasteiger partial charge in [0.15, 0.2) is 12.4 Å². The minimum Gasteiger partial charge on any atom is -0.462 e. The minimum absolute atomic E-state index is 0.221. The van der Waals surface area contributed by atoms with Gasteiger partial charge in [-0.1, -0.05) is 217 Å². The topological polar surface area (TPSA) is 152 Å². The van der Waals surface area contributed by atoms with Crippen LogP contribution in [-0.4, -0.2) is 89.0 Å². The molecule has 1 fully saturated rings. The second kappa shape index (κ2) is 47.6. The van der Waals surface area contributed by atoms with Crippen LogP contribution in [0.15, 0.2) is 36.5 Å². The Hall–Kier alpha value is -2.08. The highest BCUT2D eigenvalue weighted by Crippen LogP contribution is 2.23. The van der Waals surface area contributed by atoms with Gasteiger partial charge in [0.2, 0.25) is 0 Å². The number of unbranched alkanes of at least 4 members (excludes halogenated alkanes) is 31.